The Kier molecular flexibility index (Phi) is 5.65. The minimum absolute atomic E-state index is 0.110. The maximum Gasteiger partial charge on any atom is 0.210 e. The molecule has 0 aliphatic rings. The van der Waals surface area contributed by atoms with Crippen molar-refractivity contribution in [2.24, 2.45) is 0 Å². The van der Waals surface area contributed by atoms with Gasteiger partial charge in [0.15, 0.2) is 5.78 Å². The number of benzene rings is 1. The van der Waals surface area contributed by atoms with E-state index in [0.717, 1.165) is 23.1 Å². The molecule has 0 fully saturated rings. The van der Waals surface area contributed by atoms with Crippen molar-refractivity contribution in [3.63, 3.8) is 0 Å². The number of thiophene rings is 1. The molecule has 130 valence electrons. The van der Waals surface area contributed by atoms with Gasteiger partial charge in [0, 0.05) is 16.9 Å². The zero-order valence-corrected chi connectivity index (χ0v) is 16.1. The average Bonchev–Trinajstić information content (AvgIpc) is 3.26. The third-order valence-corrected chi connectivity index (χ3v) is 5.97. The predicted octanol–water partition coefficient (Wildman–Crippen LogP) is 3.96. The number of thioether (sulfide) groups is 1. The highest BCUT2D eigenvalue weighted by atomic mass is 32.2. The number of hydrogen-bond donors (Lipinski definition) is 0. The summed E-state index contributed by atoms with van der Waals surface area (Å²) in [4.78, 5) is 14.1. The summed E-state index contributed by atoms with van der Waals surface area (Å²) in [5.74, 6) is 0.110. The summed E-state index contributed by atoms with van der Waals surface area (Å²) in [5.41, 5.74) is 2.87. The van der Waals surface area contributed by atoms with Gasteiger partial charge in [0.25, 0.3) is 0 Å². The first kappa shape index (κ1) is 17.8. The fraction of sp³-hybridized carbons (Fsp3) is 0.333. The number of aromatic nitrogens is 4. The monoisotopic (exact) mass is 372 g/mol. The van der Waals surface area contributed by atoms with Gasteiger partial charge in [0.2, 0.25) is 5.16 Å². The molecule has 25 heavy (non-hydrogen) atoms. The molecule has 0 N–H and O–H groups in total. The molecule has 0 aliphatic heterocycles. The first-order chi connectivity index (χ1) is 12.0. The van der Waals surface area contributed by atoms with Gasteiger partial charge in [-0.15, -0.1) is 16.4 Å². The smallest absolute Gasteiger partial charge is 0.210 e. The van der Waals surface area contributed by atoms with E-state index in [1.165, 1.54) is 16.6 Å². The molecule has 1 atom stereocenters. The van der Waals surface area contributed by atoms with Crippen LogP contribution in [0.25, 0.3) is 0 Å². The Bertz CT molecular complexity index is 858. The maximum atomic E-state index is 12.8. The van der Waals surface area contributed by atoms with Gasteiger partial charge in [-0.2, -0.15) is 0 Å². The number of aryl methyl sites for hydroxylation is 4. The van der Waals surface area contributed by atoms with Gasteiger partial charge in [-0.25, -0.2) is 4.68 Å². The summed E-state index contributed by atoms with van der Waals surface area (Å²) >= 11 is 3.14. The third-order valence-electron chi connectivity index (χ3n) is 3.96. The molecule has 3 rings (SSSR count). The Morgan fingerprint density at radius 3 is 2.92 bits per heavy atom. The molecule has 0 saturated carbocycles. The van der Waals surface area contributed by atoms with Gasteiger partial charge in [0.1, 0.15) is 0 Å². The van der Waals surface area contributed by atoms with Gasteiger partial charge >= 0.3 is 0 Å². The van der Waals surface area contributed by atoms with Gasteiger partial charge in [-0.1, -0.05) is 35.5 Å². The van der Waals surface area contributed by atoms with Gasteiger partial charge in [-0.05, 0) is 54.3 Å². The zero-order valence-electron chi connectivity index (χ0n) is 14.5. The van der Waals surface area contributed by atoms with Gasteiger partial charge < -0.3 is 0 Å². The van der Waals surface area contributed by atoms with E-state index in [1.807, 2.05) is 45.0 Å². The van der Waals surface area contributed by atoms with E-state index in [2.05, 4.69) is 27.0 Å². The summed E-state index contributed by atoms with van der Waals surface area (Å²) in [6.45, 7) is 6.58. The van der Waals surface area contributed by atoms with Crippen LogP contribution >= 0.6 is 23.1 Å². The van der Waals surface area contributed by atoms with E-state index < -0.39 is 0 Å². The molecular weight excluding hydrogens is 352 g/mol. The molecular formula is C18H20N4OS2. The largest absolute Gasteiger partial charge is 0.293 e. The van der Waals surface area contributed by atoms with Crippen molar-refractivity contribution < 1.29 is 4.79 Å². The standard InChI is InChI=1S/C18H20N4OS2/c1-12-6-7-13(2)16(11-12)17(23)14(3)25-18-19-20-21-22(18)9-8-15-5-4-10-24-15/h4-7,10-11,14H,8-9H2,1-3H3. The van der Waals surface area contributed by atoms with Crippen LogP contribution in [0.15, 0.2) is 40.9 Å². The quantitative estimate of drug-likeness (QED) is 0.464. The van der Waals surface area contributed by atoms with Crippen LogP contribution in [0.5, 0.6) is 0 Å². The van der Waals surface area contributed by atoms with E-state index in [1.54, 1.807) is 16.0 Å². The molecule has 0 saturated heterocycles. The van der Waals surface area contributed by atoms with Crippen LogP contribution in [0.4, 0.5) is 0 Å². The van der Waals surface area contributed by atoms with Crippen LogP contribution in [0.1, 0.15) is 33.3 Å². The van der Waals surface area contributed by atoms with Crippen LogP contribution < -0.4 is 0 Å². The Morgan fingerprint density at radius 1 is 1.32 bits per heavy atom. The van der Waals surface area contributed by atoms with Crippen LogP contribution in [0.3, 0.4) is 0 Å². The third kappa shape index (κ3) is 4.35. The van der Waals surface area contributed by atoms with Crippen molar-refractivity contribution in [1.29, 1.82) is 0 Å². The molecule has 0 bridgehead atoms. The average molecular weight is 373 g/mol. The topological polar surface area (TPSA) is 60.7 Å². The van der Waals surface area contributed by atoms with E-state index in [0.29, 0.717) is 11.7 Å². The lowest BCUT2D eigenvalue weighted by atomic mass is 10.0. The lowest BCUT2D eigenvalue weighted by Gasteiger charge is -2.12. The summed E-state index contributed by atoms with van der Waals surface area (Å²) < 4.78 is 1.78. The Balaban J connectivity index is 1.68. The molecule has 1 unspecified atom stereocenters. The molecule has 0 aliphatic carbocycles. The Morgan fingerprint density at radius 2 is 2.16 bits per heavy atom. The molecule has 7 heteroatoms. The summed E-state index contributed by atoms with van der Waals surface area (Å²) in [6.07, 6.45) is 0.885. The summed E-state index contributed by atoms with van der Waals surface area (Å²) in [7, 11) is 0. The number of hydrogen-bond acceptors (Lipinski definition) is 6. The van der Waals surface area contributed by atoms with Crippen molar-refractivity contribution in [3.05, 3.63) is 57.3 Å². The molecule has 2 heterocycles. The summed E-state index contributed by atoms with van der Waals surface area (Å²) in [5, 5.41) is 14.4. The molecule has 5 nitrogen and oxygen atoms in total. The molecule has 0 radical (unpaired) electrons. The Hall–Kier alpha value is -1.99. The minimum Gasteiger partial charge on any atom is -0.293 e. The van der Waals surface area contributed by atoms with Gasteiger partial charge in [0.05, 0.1) is 11.8 Å². The van der Waals surface area contributed by atoms with E-state index in [-0.39, 0.29) is 11.0 Å². The predicted molar refractivity (Wildman–Crippen MR) is 101 cm³/mol. The number of carbonyl (C=O) groups excluding carboxylic acids is 1. The van der Waals surface area contributed by atoms with Crippen molar-refractivity contribution in [2.75, 3.05) is 0 Å². The van der Waals surface area contributed by atoms with E-state index in [9.17, 15) is 4.79 Å². The minimum atomic E-state index is -0.244. The Labute approximate surface area is 155 Å². The highest BCUT2D eigenvalue weighted by Crippen LogP contribution is 2.25. The van der Waals surface area contributed by atoms with Crippen LogP contribution in [0.2, 0.25) is 0 Å². The molecule has 0 amide bonds. The van der Waals surface area contributed by atoms with Crippen LogP contribution in [-0.4, -0.2) is 31.2 Å². The van der Waals surface area contributed by atoms with Crippen LogP contribution in [-0.2, 0) is 13.0 Å². The second-order valence-corrected chi connectivity index (χ2v) is 8.30. The van der Waals surface area contributed by atoms with Crippen molar-refractivity contribution in [1.82, 2.24) is 20.2 Å². The van der Waals surface area contributed by atoms with Gasteiger partial charge in [-0.3, -0.25) is 4.79 Å². The first-order valence-electron chi connectivity index (χ1n) is 8.11. The first-order valence-corrected chi connectivity index (χ1v) is 9.87. The van der Waals surface area contributed by atoms with Crippen molar-refractivity contribution >= 4 is 28.9 Å². The fourth-order valence-electron chi connectivity index (χ4n) is 2.52. The van der Waals surface area contributed by atoms with Crippen molar-refractivity contribution in [2.45, 2.75) is 44.1 Å². The number of nitrogens with zero attached hydrogens (tertiary/aromatic N) is 4. The molecule has 3 aromatic rings. The normalized spacial score (nSPS) is 12.3. The number of ketones is 1. The second-order valence-electron chi connectivity index (χ2n) is 5.96. The highest BCUT2D eigenvalue weighted by Gasteiger charge is 2.21. The SMILES string of the molecule is Cc1ccc(C)c(C(=O)C(C)Sc2nnnn2CCc2cccs2)c1. The highest BCUT2D eigenvalue weighted by molar-refractivity contribution is 8.00. The van der Waals surface area contributed by atoms with Crippen LogP contribution in [0, 0.1) is 13.8 Å². The maximum absolute atomic E-state index is 12.8. The number of Topliss-reactive ketones (excluding diaryl/α,β-unsaturated/α-hetero) is 1. The fourth-order valence-corrected chi connectivity index (χ4v) is 4.11. The molecule has 2 aromatic heterocycles. The summed E-state index contributed by atoms with van der Waals surface area (Å²) in [6, 6.07) is 10.1. The molecule has 0 spiro atoms. The van der Waals surface area contributed by atoms with E-state index in [4.69, 9.17) is 0 Å². The lowest BCUT2D eigenvalue weighted by molar-refractivity contribution is 0.0993. The number of tetrazole rings is 1. The van der Waals surface area contributed by atoms with Crippen molar-refractivity contribution in [3.8, 4) is 0 Å². The number of rotatable bonds is 7. The van der Waals surface area contributed by atoms with E-state index >= 15 is 0 Å². The zero-order chi connectivity index (χ0) is 17.8. The number of carbonyl (C=O) groups is 1. The lowest BCUT2D eigenvalue weighted by Crippen LogP contribution is -2.16. The second kappa shape index (κ2) is 7.93. The molecule has 1 aromatic carbocycles.